The van der Waals surface area contributed by atoms with Crippen molar-refractivity contribution in [2.24, 2.45) is 0 Å². The molecular weight excluding hydrogens is 260 g/mol. The number of rotatable bonds is 4. The Hall–Kier alpha value is -2.70. The van der Waals surface area contributed by atoms with Crippen LogP contribution in [0, 0.1) is 17.0 Å². The van der Waals surface area contributed by atoms with Crippen molar-refractivity contribution in [1.29, 1.82) is 0 Å². The largest absolute Gasteiger partial charge is 0.347 e. The lowest BCUT2D eigenvalue weighted by Crippen LogP contribution is -2.28. The lowest BCUT2D eigenvalue weighted by atomic mass is 10.1. The number of aryl methyl sites for hydroxylation is 1. The minimum atomic E-state index is -0.541. The summed E-state index contributed by atoms with van der Waals surface area (Å²) in [6, 6.07) is 4.58. The predicted octanol–water partition coefficient (Wildman–Crippen LogP) is 1.90. The topological polar surface area (TPSA) is 92.1 Å². The molecule has 1 heterocycles. The normalized spacial score (nSPS) is 10.3. The molecule has 0 radical (unpaired) electrons. The summed E-state index contributed by atoms with van der Waals surface area (Å²) in [5, 5.41) is 11.0. The first kappa shape index (κ1) is 13.7. The average Bonchev–Trinajstić information content (AvgIpc) is 2.90. The fraction of sp³-hybridized carbons (Fsp3) is 0.231. The molecule has 0 aliphatic heterocycles. The third-order valence-electron chi connectivity index (χ3n) is 2.95. The molecule has 0 fully saturated rings. The van der Waals surface area contributed by atoms with Crippen molar-refractivity contribution in [3.05, 3.63) is 57.7 Å². The molecule has 0 saturated carbocycles. The van der Waals surface area contributed by atoms with Crippen LogP contribution in [-0.2, 0) is 6.54 Å². The number of aromatic nitrogens is 2. The highest BCUT2D eigenvalue weighted by molar-refractivity contribution is 5.99. The highest BCUT2D eigenvalue weighted by Gasteiger charge is 2.25. The van der Waals surface area contributed by atoms with E-state index in [1.807, 2.05) is 0 Å². The number of nitro groups is 1. The van der Waals surface area contributed by atoms with Crippen molar-refractivity contribution in [1.82, 2.24) is 14.9 Å². The number of H-pyrrole nitrogens is 1. The minimum Gasteiger partial charge on any atom is -0.347 e. The molecule has 2 aromatic rings. The van der Waals surface area contributed by atoms with Crippen LogP contribution in [0.5, 0.6) is 0 Å². The molecule has 0 atom stereocenters. The van der Waals surface area contributed by atoms with Gasteiger partial charge >= 0.3 is 0 Å². The summed E-state index contributed by atoms with van der Waals surface area (Å²) in [7, 11) is 1.58. The number of nitrogens with zero attached hydrogens (tertiary/aromatic N) is 3. The van der Waals surface area contributed by atoms with Crippen molar-refractivity contribution < 1.29 is 9.72 Å². The Bertz CT molecular complexity index is 637. The highest BCUT2D eigenvalue weighted by Crippen LogP contribution is 2.23. The molecule has 0 unspecified atom stereocenters. The number of benzene rings is 1. The van der Waals surface area contributed by atoms with Gasteiger partial charge in [-0.3, -0.25) is 14.9 Å². The fourth-order valence-corrected chi connectivity index (χ4v) is 1.95. The maximum atomic E-state index is 12.4. The van der Waals surface area contributed by atoms with Gasteiger partial charge < -0.3 is 9.88 Å². The van der Waals surface area contributed by atoms with Crippen LogP contribution in [0.25, 0.3) is 0 Å². The molecule has 7 nitrogen and oxygen atoms in total. The SMILES string of the molecule is Cc1cccc([N+](=O)[O-])c1C(=O)N(C)Cc1ncc[nH]1. The maximum absolute atomic E-state index is 12.4. The van der Waals surface area contributed by atoms with Gasteiger partial charge in [0.1, 0.15) is 11.4 Å². The van der Waals surface area contributed by atoms with Crippen LogP contribution in [0.1, 0.15) is 21.7 Å². The van der Waals surface area contributed by atoms with Gasteiger partial charge in [0.25, 0.3) is 11.6 Å². The molecule has 1 aromatic heterocycles. The van der Waals surface area contributed by atoms with E-state index in [1.165, 1.54) is 11.0 Å². The van der Waals surface area contributed by atoms with Crippen LogP contribution >= 0.6 is 0 Å². The van der Waals surface area contributed by atoms with Crippen molar-refractivity contribution >= 4 is 11.6 Å². The number of amides is 1. The average molecular weight is 274 g/mol. The Kier molecular flexibility index (Phi) is 3.79. The van der Waals surface area contributed by atoms with Crippen LogP contribution < -0.4 is 0 Å². The van der Waals surface area contributed by atoms with E-state index >= 15 is 0 Å². The Morgan fingerprint density at radius 1 is 1.50 bits per heavy atom. The summed E-state index contributed by atoms with van der Waals surface area (Å²) < 4.78 is 0. The second-order valence-corrected chi connectivity index (χ2v) is 4.42. The predicted molar refractivity (Wildman–Crippen MR) is 72.2 cm³/mol. The number of nitrogens with one attached hydrogen (secondary N) is 1. The van der Waals surface area contributed by atoms with E-state index < -0.39 is 10.8 Å². The summed E-state index contributed by atoms with van der Waals surface area (Å²) in [6.07, 6.45) is 3.24. The number of carbonyl (C=O) groups excluding carboxylic acids is 1. The van der Waals surface area contributed by atoms with E-state index in [0.29, 0.717) is 11.4 Å². The summed E-state index contributed by atoms with van der Waals surface area (Å²) >= 11 is 0. The zero-order valence-corrected chi connectivity index (χ0v) is 11.2. The quantitative estimate of drug-likeness (QED) is 0.680. The van der Waals surface area contributed by atoms with Gasteiger partial charge in [-0.2, -0.15) is 0 Å². The third-order valence-corrected chi connectivity index (χ3v) is 2.95. The van der Waals surface area contributed by atoms with Gasteiger partial charge in [0, 0.05) is 25.5 Å². The number of imidazole rings is 1. The van der Waals surface area contributed by atoms with E-state index in [2.05, 4.69) is 9.97 Å². The van der Waals surface area contributed by atoms with E-state index in [1.54, 1.807) is 38.5 Å². The first-order chi connectivity index (χ1) is 9.50. The second-order valence-electron chi connectivity index (χ2n) is 4.42. The van der Waals surface area contributed by atoms with Crippen molar-refractivity contribution in [2.45, 2.75) is 13.5 Å². The van der Waals surface area contributed by atoms with E-state index in [0.717, 1.165) is 0 Å². The highest BCUT2D eigenvalue weighted by atomic mass is 16.6. The number of aromatic amines is 1. The summed E-state index contributed by atoms with van der Waals surface area (Å²) in [4.78, 5) is 31.2. The zero-order chi connectivity index (χ0) is 14.7. The molecule has 0 saturated heterocycles. The molecule has 0 aliphatic carbocycles. The lowest BCUT2D eigenvalue weighted by molar-refractivity contribution is -0.385. The van der Waals surface area contributed by atoms with Gasteiger partial charge in [-0.1, -0.05) is 12.1 Å². The van der Waals surface area contributed by atoms with Gasteiger partial charge in [0.2, 0.25) is 0 Å². The molecule has 0 bridgehead atoms. The van der Waals surface area contributed by atoms with Crippen LogP contribution in [0.15, 0.2) is 30.6 Å². The number of nitro benzene ring substituents is 1. The third kappa shape index (κ3) is 2.66. The summed E-state index contributed by atoms with van der Waals surface area (Å²) in [6.45, 7) is 1.94. The monoisotopic (exact) mass is 274 g/mol. The van der Waals surface area contributed by atoms with Crippen molar-refractivity contribution in [3.63, 3.8) is 0 Å². The molecule has 0 spiro atoms. The van der Waals surface area contributed by atoms with Crippen LogP contribution in [0.4, 0.5) is 5.69 Å². The Morgan fingerprint density at radius 2 is 2.25 bits per heavy atom. The molecular formula is C13H14N4O3. The molecule has 1 amide bonds. The molecule has 104 valence electrons. The maximum Gasteiger partial charge on any atom is 0.282 e. The standard InChI is InChI=1S/C13H14N4O3/c1-9-4-3-5-10(17(19)20)12(9)13(18)16(2)8-11-14-6-7-15-11/h3-7H,8H2,1-2H3,(H,14,15). The van der Waals surface area contributed by atoms with Gasteiger partial charge in [-0.25, -0.2) is 4.98 Å². The molecule has 1 N–H and O–H groups in total. The fourth-order valence-electron chi connectivity index (χ4n) is 1.95. The van der Waals surface area contributed by atoms with E-state index in [9.17, 15) is 14.9 Å². The Morgan fingerprint density at radius 3 is 2.85 bits per heavy atom. The molecule has 2 rings (SSSR count). The molecule has 0 aliphatic rings. The Balaban J connectivity index is 2.31. The first-order valence-electron chi connectivity index (χ1n) is 5.98. The van der Waals surface area contributed by atoms with Gasteiger partial charge in [0.05, 0.1) is 11.5 Å². The second kappa shape index (κ2) is 5.52. The molecule has 7 heteroatoms. The molecule has 1 aromatic carbocycles. The zero-order valence-electron chi connectivity index (χ0n) is 11.2. The van der Waals surface area contributed by atoms with Crippen LogP contribution in [0.3, 0.4) is 0 Å². The number of hydrogen-bond donors (Lipinski definition) is 1. The van der Waals surface area contributed by atoms with Crippen molar-refractivity contribution in [2.75, 3.05) is 7.05 Å². The van der Waals surface area contributed by atoms with E-state index in [-0.39, 0.29) is 17.8 Å². The van der Waals surface area contributed by atoms with Gasteiger partial charge in [-0.05, 0) is 12.5 Å². The number of hydrogen-bond acceptors (Lipinski definition) is 4. The van der Waals surface area contributed by atoms with Crippen LogP contribution in [0.2, 0.25) is 0 Å². The first-order valence-corrected chi connectivity index (χ1v) is 5.98. The van der Waals surface area contributed by atoms with Crippen molar-refractivity contribution in [3.8, 4) is 0 Å². The van der Waals surface area contributed by atoms with Gasteiger partial charge in [-0.15, -0.1) is 0 Å². The molecule has 20 heavy (non-hydrogen) atoms. The minimum absolute atomic E-state index is 0.117. The smallest absolute Gasteiger partial charge is 0.282 e. The lowest BCUT2D eigenvalue weighted by Gasteiger charge is -2.17. The van der Waals surface area contributed by atoms with E-state index in [4.69, 9.17) is 0 Å². The number of carbonyl (C=O) groups is 1. The summed E-state index contributed by atoms with van der Waals surface area (Å²) in [5.74, 6) is 0.225. The summed E-state index contributed by atoms with van der Waals surface area (Å²) in [5.41, 5.74) is 0.517. The van der Waals surface area contributed by atoms with Gasteiger partial charge in [0.15, 0.2) is 0 Å². The Labute approximate surface area is 115 Å². The van der Waals surface area contributed by atoms with Crippen LogP contribution in [-0.4, -0.2) is 32.7 Å².